The Hall–Kier alpha value is -3.72. The predicted molar refractivity (Wildman–Crippen MR) is 127 cm³/mol. The number of piperidine rings is 1. The van der Waals surface area contributed by atoms with Crippen LogP contribution in [0.5, 0.6) is 5.75 Å². The number of ether oxygens (including phenoxy) is 1. The molecule has 35 heavy (non-hydrogen) atoms. The Kier molecular flexibility index (Phi) is 6.76. The van der Waals surface area contributed by atoms with Crippen molar-refractivity contribution in [2.45, 2.75) is 37.8 Å². The van der Waals surface area contributed by atoms with Gasteiger partial charge in [-0.1, -0.05) is 35.5 Å². The van der Waals surface area contributed by atoms with Crippen molar-refractivity contribution < 1.29 is 24.0 Å². The Labute approximate surface area is 203 Å². The van der Waals surface area contributed by atoms with Crippen molar-refractivity contribution in [3.8, 4) is 17.1 Å². The molecule has 2 aliphatic rings. The van der Waals surface area contributed by atoms with Crippen LogP contribution in [0, 0.1) is 0 Å². The molecule has 0 spiro atoms. The molecule has 2 aromatic carbocycles. The molecular formula is C26H28N4O5. The first kappa shape index (κ1) is 23.0. The molecule has 0 saturated carbocycles. The summed E-state index contributed by atoms with van der Waals surface area (Å²) in [6.45, 7) is 1.42. The number of aromatic nitrogens is 2. The van der Waals surface area contributed by atoms with E-state index in [4.69, 9.17) is 9.26 Å². The van der Waals surface area contributed by atoms with E-state index in [2.05, 4.69) is 10.1 Å². The number of amides is 2. The molecule has 2 amide bonds. The van der Waals surface area contributed by atoms with Crippen molar-refractivity contribution in [2.75, 3.05) is 26.2 Å². The number of rotatable bonds is 6. The van der Waals surface area contributed by atoms with E-state index >= 15 is 0 Å². The second-order valence-electron chi connectivity index (χ2n) is 8.93. The Balaban J connectivity index is 1.29. The number of para-hydroxylation sites is 1. The molecule has 0 radical (unpaired) electrons. The van der Waals surface area contributed by atoms with Gasteiger partial charge < -0.3 is 24.2 Å². The highest BCUT2D eigenvalue weighted by atomic mass is 16.5. The lowest BCUT2D eigenvalue weighted by molar-refractivity contribution is -0.138. The molecule has 3 heterocycles. The summed E-state index contributed by atoms with van der Waals surface area (Å²) >= 11 is 0. The Morgan fingerprint density at radius 2 is 1.91 bits per heavy atom. The third kappa shape index (κ3) is 5.19. The van der Waals surface area contributed by atoms with Gasteiger partial charge in [0.2, 0.25) is 11.7 Å². The van der Waals surface area contributed by atoms with E-state index in [-0.39, 0.29) is 24.5 Å². The average molecular weight is 477 g/mol. The fourth-order valence-electron chi connectivity index (χ4n) is 4.62. The predicted octanol–water partition coefficient (Wildman–Crippen LogP) is 3.08. The van der Waals surface area contributed by atoms with E-state index in [1.807, 2.05) is 36.4 Å². The van der Waals surface area contributed by atoms with Crippen LogP contribution in [0.3, 0.4) is 0 Å². The molecule has 1 aromatic heterocycles. The highest BCUT2D eigenvalue weighted by molar-refractivity contribution is 5.95. The summed E-state index contributed by atoms with van der Waals surface area (Å²) in [7, 11) is 0. The summed E-state index contributed by atoms with van der Waals surface area (Å²) in [5.41, 5.74) is 1.17. The molecule has 2 fully saturated rings. The maximum atomic E-state index is 13.0. The van der Waals surface area contributed by atoms with E-state index in [9.17, 15) is 14.7 Å². The maximum absolute atomic E-state index is 13.0. The smallest absolute Gasteiger partial charge is 0.261 e. The summed E-state index contributed by atoms with van der Waals surface area (Å²) in [5, 5.41) is 13.9. The molecular weight excluding hydrogens is 448 g/mol. The quantitative estimate of drug-likeness (QED) is 0.582. The van der Waals surface area contributed by atoms with Gasteiger partial charge in [0, 0.05) is 30.8 Å². The van der Waals surface area contributed by atoms with Crippen LogP contribution in [0.15, 0.2) is 59.1 Å². The summed E-state index contributed by atoms with van der Waals surface area (Å²) in [5.74, 6) is 1.14. The molecule has 5 rings (SSSR count). The highest BCUT2D eigenvalue weighted by Gasteiger charge is 2.32. The van der Waals surface area contributed by atoms with Gasteiger partial charge in [0.05, 0.1) is 6.10 Å². The first-order valence-electron chi connectivity index (χ1n) is 12.0. The zero-order valence-corrected chi connectivity index (χ0v) is 19.4. The Morgan fingerprint density at radius 3 is 2.71 bits per heavy atom. The largest absolute Gasteiger partial charge is 0.484 e. The van der Waals surface area contributed by atoms with Gasteiger partial charge in [0.15, 0.2) is 6.61 Å². The second kappa shape index (κ2) is 10.3. The van der Waals surface area contributed by atoms with Gasteiger partial charge in [0.25, 0.3) is 11.8 Å². The van der Waals surface area contributed by atoms with E-state index in [1.165, 1.54) is 0 Å². The lowest BCUT2D eigenvalue weighted by Crippen LogP contribution is -2.41. The molecule has 3 aromatic rings. The first-order chi connectivity index (χ1) is 17.1. The number of hydrogen-bond acceptors (Lipinski definition) is 7. The van der Waals surface area contributed by atoms with Gasteiger partial charge in [-0.15, -0.1) is 0 Å². The maximum Gasteiger partial charge on any atom is 0.261 e. The van der Waals surface area contributed by atoms with E-state index < -0.39 is 6.10 Å². The number of benzene rings is 2. The molecule has 1 unspecified atom stereocenters. The molecule has 9 heteroatoms. The molecule has 2 aliphatic heterocycles. The number of carbonyl (C=O) groups is 2. The topological polar surface area (TPSA) is 109 Å². The van der Waals surface area contributed by atoms with Crippen LogP contribution < -0.4 is 4.74 Å². The van der Waals surface area contributed by atoms with Crippen LogP contribution in [0.2, 0.25) is 0 Å². The number of likely N-dealkylation sites (tertiary alicyclic amines) is 2. The van der Waals surface area contributed by atoms with Crippen LogP contribution in [-0.4, -0.2) is 69.2 Å². The number of hydrogen-bond donors (Lipinski definition) is 1. The lowest BCUT2D eigenvalue weighted by atomic mass is 10.0. The van der Waals surface area contributed by atoms with Crippen LogP contribution in [-0.2, 0) is 4.79 Å². The van der Waals surface area contributed by atoms with Crippen molar-refractivity contribution in [2.24, 2.45) is 0 Å². The van der Waals surface area contributed by atoms with Gasteiger partial charge in [-0.3, -0.25) is 9.59 Å². The highest BCUT2D eigenvalue weighted by Crippen LogP contribution is 2.31. The third-order valence-electron chi connectivity index (χ3n) is 6.47. The first-order valence-corrected chi connectivity index (χ1v) is 12.0. The van der Waals surface area contributed by atoms with Gasteiger partial charge in [0.1, 0.15) is 11.8 Å². The summed E-state index contributed by atoms with van der Waals surface area (Å²) in [6.07, 6.45) is 2.71. The molecule has 182 valence electrons. The van der Waals surface area contributed by atoms with Gasteiger partial charge in [-0.25, -0.2) is 0 Å². The number of carbonyl (C=O) groups excluding carboxylic acids is 2. The average Bonchev–Trinajstić information content (AvgIpc) is 3.57. The van der Waals surface area contributed by atoms with Crippen molar-refractivity contribution >= 4 is 11.8 Å². The minimum atomic E-state index is -0.471. The van der Waals surface area contributed by atoms with E-state index in [0.29, 0.717) is 54.6 Å². The standard InChI is InChI=1S/C26H28N4O5/c31-20-12-14-29(16-20)26(33)19-8-6-7-18(15-19)24-27-25(35-28-24)22-11-4-5-13-30(22)23(32)17-34-21-9-2-1-3-10-21/h1-3,6-10,15,20,22,31H,4-5,11-14,16-17H2/t20-,22?/m1/s1. The molecule has 0 aliphatic carbocycles. The van der Waals surface area contributed by atoms with Gasteiger partial charge in [-0.05, 0) is 49.9 Å². The van der Waals surface area contributed by atoms with Crippen molar-refractivity contribution in [1.82, 2.24) is 19.9 Å². The van der Waals surface area contributed by atoms with Crippen molar-refractivity contribution in [1.29, 1.82) is 0 Å². The monoisotopic (exact) mass is 476 g/mol. The normalized spacial score (nSPS) is 20.1. The van der Waals surface area contributed by atoms with Crippen LogP contribution in [0.25, 0.3) is 11.4 Å². The molecule has 2 saturated heterocycles. The van der Waals surface area contributed by atoms with Crippen LogP contribution in [0.1, 0.15) is 48.0 Å². The van der Waals surface area contributed by atoms with Gasteiger partial charge >= 0.3 is 0 Å². The second-order valence-corrected chi connectivity index (χ2v) is 8.93. The van der Waals surface area contributed by atoms with E-state index in [0.717, 1.165) is 19.3 Å². The van der Waals surface area contributed by atoms with Crippen LogP contribution in [0.4, 0.5) is 0 Å². The fraction of sp³-hybridized carbons (Fsp3) is 0.385. The summed E-state index contributed by atoms with van der Waals surface area (Å²) < 4.78 is 11.2. The van der Waals surface area contributed by atoms with Crippen molar-refractivity contribution in [3.05, 3.63) is 66.1 Å². The zero-order chi connectivity index (χ0) is 24.2. The number of nitrogens with zero attached hydrogens (tertiary/aromatic N) is 4. The molecule has 0 bridgehead atoms. The number of aliphatic hydroxyl groups excluding tert-OH is 1. The minimum absolute atomic E-state index is 0.0587. The lowest BCUT2D eigenvalue weighted by Gasteiger charge is -2.33. The van der Waals surface area contributed by atoms with Crippen LogP contribution >= 0.6 is 0 Å². The summed E-state index contributed by atoms with van der Waals surface area (Å²) in [4.78, 5) is 33.7. The Morgan fingerprint density at radius 1 is 1.06 bits per heavy atom. The molecule has 9 nitrogen and oxygen atoms in total. The third-order valence-corrected chi connectivity index (χ3v) is 6.47. The van der Waals surface area contributed by atoms with Gasteiger partial charge in [-0.2, -0.15) is 4.98 Å². The van der Waals surface area contributed by atoms with E-state index in [1.54, 1.807) is 28.0 Å². The van der Waals surface area contributed by atoms with Crippen molar-refractivity contribution in [3.63, 3.8) is 0 Å². The number of β-amino-alcohol motifs (C(OH)–C–C–N with tert-alkyl or cyclic N) is 1. The Bertz CT molecular complexity index is 1180. The molecule has 1 N–H and O–H groups in total. The fourth-order valence-corrected chi connectivity index (χ4v) is 4.62. The minimum Gasteiger partial charge on any atom is -0.484 e. The number of aliphatic hydroxyl groups is 1. The summed E-state index contributed by atoms with van der Waals surface area (Å²) in [6, 6.07) is 16.0. The zero-order valence-electron chi connectivity index (χ0n) is 19.4. The SMILES string of the molecule is O=C(c1cccc(-c2noc(C3CCCCN3C(=O)COc3ccccc3)n2)c1)N1CC[C@@H](O)C1. The molecule has 2 atom stereocenters.